The molecule has 9 heteroatoms. The van der Waals surface area contributed by atoms with E-state index in [2.05, 4.69) is 15.5 Å². The first-order valence-corrected chi connectivity index (χ1v) is 7.74. The third-order valence-corrected chi connectivity index (χ3v) is 4.55. The number of carbonyl (C=O) groups excluding carboxylic acids is 1. The Balaban J connectivity index is 1.66. The second-order valence-electron chi connectivity index (χ2n) is 5.76. The van der Waals surface area contributed by atoms with Crippen molar-refractivity contribution in [2.45, 2.75) is 25.1 Å². The molecule has 0 radical (unpaired) electrons. The van der Waals surface area contributed by atoms with Crippen LogP contribution in [-0.2, 0) is 24.6 Å². The van der Waals surface area contributed by atoms with Gasteiger partial charge in [0.2, 0.25) is 5.91 Å². The highest BCUT2D eigenvalue weighted by Crippen LogP contribution is 2.51. The van der Waals surface area contributed by atoms with E-state index in [1.165, 1.54) is 12.1 Å². The van der Waals surface area contributed by atoms with Crippen LogP contribution in [0.5, 0.6) is 0 Å². The minimum absolute atomic E-state index is 0.173. The third-order valence-electron chi connectivity index (χ3n) is 4.19. The van der Waals surface area contributed by atoms with Crippen LogP contribution < -0.4 is 5.32 Å². The fraction of sp³-hybridized carbons (Fsp3) is 0.400. The second kappa shape index (κ2) is 6.04. The molecule has 1 aromatic carbocycles. The molecule has 1 aliphatic rings. The van der Waals surface area contributed by atoms with Crippen molar-refractivity contribution in [3.05, 3.63) is 46.0 Å². The van der Waals surface area contributed by atoms with Gasteiger partial charge in [0.05, 0.1) is 12.1 Å². The lowest BCUT2D eigenvalue weighted by molar-refractivity contribution is -0.138. The van der Waals surface area contributed by atoms with Gasteiger partial charge in [-0.15, -0.1) is 0 Å². The van der Waals surface area contributed by atoms with Gasteiger partial charge >= 0.3 is 6.18 Å². The summed E-state index contributed by atoms with van der Waals surface area (Å²) in [7, 11) is 1.72. The fourth-order valence-electron chi connectivity index (χ4n) is 2.74. The number of amides is 1. The smallest absolute Gasteiger partial charge is 0.349 e. The molecule has 0 aliphatic heterocycles. The molecule has 2 aromatic rings. The Bertz CT molecular complexity index is 827. The van der Waals surface area contributed by atoms with Crippen molar-refractivity contribution in [1.82, 2.24) is 20.1 Å². The monoisotopic (exact) mass is 356 g/mol. The lowest BCUT2D eigenvalue weighted by Gasteiger charge is -2.12. The molecule has 2 atom stereocenters. The summed E-state index contributed by atoms with van der Waals surface area (Å²) in [6.45, 7) is 0.173. The summed E-state index contributed by atoms with van der Waals surface area (Å²) in [4.78, 5) is 12.2. The van der Waals surface area contributed by atoms with Crippen molar-refractivity contribution in [2.24, 2.45) is 13.0 Å². The first-order valence-electron chi connectivity index (χ1n) is 7.33. The summed E-state index contributed by atoms with van der Waals surface area (Å²) in [6.07, 6.45) is -4.00. The van der Waals surface area contributed by atoms with Gasteiger partial charge in [-0.25, -0.2) is 0 Å². The van der Waals surface area contributed by atoms with Crippen molar-refractivity contribution < 1.29 is 18.0 Å². The molecule has 1 aromatic heterocycles. The zero-order valence-corrected chi connectivity index (χ0v) is 13.5. The van der Waals surface area contributed by atoms with E-state index in [1.807, 2.05) is 0 Å². The Kier molecular flexibility index (Phi) is 4.20. The van der Waals surface area contributed by atoms with Crippen LogP contribution >= 0.6 is 12.2 Å². The molecular weight excluding hydrogens is 341 g/mol. The molecular formula is C15H15F3N4OS. The first kappa shape index (κ1) is 16.7. The van der Waals surface area contributed by atoms with Gasteiger partial charge in [-0.05, 0) is 36.2 Å². The summed E-state index contributed by atoms with van der Waals surface area (Å²) in [6, 6.07) is 5.41. The molecule has 3 rings (SSSR count). The van der Waals surface area contributed by atoms with Crippen LogP contribution in [0.2, 0.25) is 0 Å². The van der Waals surface area contributed by atoms with Crippen LogP contribution in [0.25, 0.3) is 0 Å². The standard InChI is InChI=1S/C15H15F3N4OS/c1-22-12(20-21-14(22)24)7-19-13(23)10-6-9(10)8-4-2-3-5-11(8)15(16,17)18/h2-5,9-10H,6-7H2,1H3,(H,19,23)(H,21,24)/t9-,10-/m0/s1. The predicted molar refractivity (Wildman–Crippen MR) is 82.5 cm³/mol. The molecule has 2 N–H and O–H groups in total. The quantitative estimate of drug-likeness (QED) is 0.828. The summed E-state index contributed by atoms with van der Waals surface area (Å²) in [5.41, 5.74) is -0.483. The molecule has 0 saturated heterocycles. The maximum atomic E-state index is 13.1. The van der Waals surface area contributed by atoms with Gasteiger partial charge in [0.25, 0.3) is 0 Å². The topological polar surface area (TPSA) is 62.7 Å². The molecule has 5 nitrogen and oxygen atoms in total. The van der Waals surface area contributed by atoms with E-state index < -0.39 is 23.6 Å². The summed E-state index contributed by atoms with van der Waals surface area (Å²) >= 11 is 4.98. The van der Waals surface area contributed by atoms with E-state index in [0.29, 0.717) is 17.0 Å². The molecule has 1 heterocycles. The van der Waals surface area contributed by atoms with Crippen molar-refractivity contribution >= 4 is 18.1 Å². The Labute approximate surface area is 140 Å². The molecule has 0 spiro atoms. The summed E-state index contributed by atoms with van der Waals surface area (Å²) < 4.78 is 41.2. The fourth-order valence-corrected chi connectivity index (χ4v) is 2.89. The average molecular weight is 356 g/mol. The molecule has 1 amide bonds. The molecule has 1 fully saturated rings. The lowest BCUT2D eigenvalue weighted by atomic mass is 10.0. The van der Waals surface area contributed by atoms with Crippen molar-refractivity contribution in [3.8, 4) is 0 Å². The minimum atomic E-state index is -4.41. The van der Waals surface area contributed by atoms with Gasteiger partial charge in [0, 0.05) is 13.0 Å². The number of nitrogens with one attached hydrogen (secondary N) is 2. The Morgan fingerprint density at radius 3 is 2.79 bits per heavy atom. The number of rotatable bonds is 4. The Hall–Kier alpha value is -2.16. The Morgan fingerprint density at radius 2 is 2.17 bits per heavy atom. The Morgan fingerprint density at radius 1 is 1.46 bits per heavy atom. The molecule has 0 unspecified atom stereocenters. The van der Waals surface area contributed by atoms with Crippen molar-refractivity contribution in [2.75, 3.05) is 0 Å². The van der Waals surface area contributed by atoms with Crippen molar-refractivity contribution in [3.63, 3.8) is 0 Å². The van der Waals surface area contributed by atoms with Gasteiger partial charge < -0.3 is 9.88 Å². The normalized spacial score (nSPS) is 20.0. The van der Waals surface area contributed by atoms with Crippen LogP contribution in [0, 0.1) is 10.7 Å². The van der Waals surface area contributed by atoms with E-state index in [0.717, 1.165) is 6.07 Å². The number of benzene rings is 1. The first-order chi connectivity index (χ1) is 11.3. The lowest BCUT2D eigenvalue weighted by Crippen LogP contribution is -2.26. The van der Waals surface area contributed by atoms with Gasteiger partial charge in [-0.1, -0.05) is 18.2 Å². The minimum Gasteiger partial charge on any atom is -0.349 e. The molecule has 1 aliphatic carbocycles. The third kappa shape index (κ3) is 3.21. The number of aromatic amines is 1. The number of H-pyrrole nitrogens is 1. The number of halogens is 3. The molecule has 128 valence electrons. The summed E-state index contributed by atoms with van der Waals surface area (Å²) in [5, 5.41) is 9.28. The SMILES string of the molecule is Cn1c(CNC(=O)[C@H]2C[C@H]2c2ccccc2C(F)(F)F)n[nH]c1=S. The van der Waals surface area contributed by atoms with E-state index >= 15 is 0 Å². The van der Waals surface area contributed by atoms with Crippen molar-refractivity contribution in [1.29, 1.82) is 0 Å². The van der Waals surface area contributed by atoms with E-state index in [4.69, 9.17) is 12.2 Å². The zero-order chi connectivity index (χ0) is 17.5. The maximum Gasteiger partial charge on any atom is 0.416 e. The number of alkyl halides is 3. The highest BCUT2D eigenvalue weighted by atomic mass is 32.1. The predicted octanol–water partition coefficient (Wildman–Crippen LogP) is 2.92. The number of carbonyl (C=O) groups is 1. The van der Waals surface area contributed by atoms with E-state index in [9.17, 15) is 18.0 Å². The second-order valence-corrected chi connectivity index (χ2v) is 6.14. The van der Waals surface area contributed by atoms with Gasteiger partial charge in [0.15, 0.2) is 10.6 Å². The number of aromatic nitrogens is 3. The van der Waals surface area contributed by atoms with Gasteiger partial charge in [-0.2, -0.15) is 18.3 Å². The van der Waals surface area contributed by atoms with Crippen LogP contribution in [0.15, 0.2) is 24.3 Å². The summed E-state index contributed by atoms with van der Waals surface area (Å²) in [5.74, 6) is -0.557. The van der Waals surface area contributed by atoms with Gasteiger partial charge in [-0.3, -0.25) is 9.89 Å². The number of hydrogen-bond acceptors (Lipinski definition) is 3. The molecule has 24 heavy (non-hydrogen) atoms. The number of nitrogens with zero attached hydrogens (tertiary/aromatic N) is 2. The molecule has 1 saturated carbocycles. The highest BCUT2D eigenvalue weighted by Gasteiger charge is 2.47. The largest absolute Gasteiger partial charge is 0.416 e. The zero-order valence-electron chi connectivity index (χ0n) is 12.7. The van der Waals surface area contributed by atoms with Crippen LogP contribution in [0.4, 0.5) is 13.2 Å². The maximum absolute atomic E-state index is 13.1. The van der Waals surface area contributed by atoms with E-state index in [-0.39, 0.29) is 18.0 Å². The van der Waals surface area contributed by atoms with Crippen LogP contribution in [0.1, 0.15) is 29.3 Å². The van der Waals surface area contributed by atoms with Crippen LogP contribution in [0.3, 0.4) is 0 Å². The van der Waals surface area contributed by atoms with Crippen LogP contribution in [-0.4, -0.2) is 20.7 Å². The molecule has 0 bridgehead atoms. The number of hydrogen-bond donors (Lipinski definition) is 2. The highest BCUT2D eigenvalue weighted by molar-refractivity contribution is 7.71. The average Bonchev–Trinajstić information content (AvgIpc) is 3.27. The van der Waals surface area contributed by atoms with Gasteiger partial charge in [0.1, 0.15) is 0 Å². The van der Waals surface area contributed by atoms with E-state index in [1.54, 1.807) is 17.7 Å².